The number of nitrogens with one attached hydrogen (secondary N) is 2. The molecule has 2 heterocycles. The van der Waals surface area contributed by atoms with Gasteiger partial charge in [0.15, 0.2) is 0 Å². The summed E-state index contributed by atoms with van der Waals surface area (Å²) in [6.07, 6.45) is 3.92. The van der Waals surface area contributed by atoms with Gasteiger partial charge in [0.05, 0.1) is 18.3 Å². The van der Waals surface area contributed by atoms with Crippen molar-refractivity contribution in [2.75, 3.05) is 26.7 Å². The number of nitrogens with zero attached hydrogens (tertiary/aromatic N) is 1. The van der Waals surface area contributed by atoms with Gasteiger partial charge in [-0.15, -0.1) is 0 Å². The zero-order chi connectivity index (χ0) is 11.6. The van der Waals surface area contributed by atoms with Crippen LogP contribution in [0.1, 0.15) is 25.7 Å². The molecule has 3 N–H and O–H groups in total. The first-order chi connectivity index (χ1) is 7.73. The van der Waals surface area contributed by atoms with Gasteiger partial charge >= 0.3 is 0 Å². The number of rotatable bonds is 3. The molecule has 5 nitrogen and oxygen atoms in total. The van der Waals surface area contributed by atoms with Crippen LogP contribution in [0.4, 0.5) is 0 Å². The monoisotopic (exact) mass is 227 g/mol. The summed E-state index contributed by atoms with van der Waals surface area (Å²) in [4.78, 5) is 13.9. The van der Waals surface area contributed by atoms with Crippen LogP contribution in [0.2, 0.25) is 0 Å². The van der Waals surface area contributed by atoms with Gasteiger partial charge in [-0.25, -0.2) is 0 Å². The maximum atomic E-state index is 11.8. The first kappa shape index (κ1) is 11.8. The molecule has 0 aromatic carbocycles. The molecule has 0 saturated carbocycles. The van der Waals surface area contributed by atoms with E-state index in [1.54, 1.807) is 7.05 Å². The molecule has 0 aromatic heterocycles. The molecule has 92 valence electrons. The Balaban J connectivity index is 2.14. The van der Waals surface area contributed by atoms with E-state index in [1.807, 2.05) is 0 Å². The molecular formula is C11H21N3O2. The Morgan fingerprint density at radius 3 is 3.00 bits per heavy atom. The Morgan fingerprint density at radius 1 is 1.62 bits per heavy atom. The average molecular weight is 227 g/mol. The van der Waals surface area contributed by atoms with E-state index < -0.39 is 0 Å². The number of likely N-dealkylation sites (N-methyl/N-ethyl adjacent to an activating group) is 1. The minimum Gasteiger partial charge on any atom is -0.393 e. The number of amides is 1. The fourth-order valence-corrected chi connectivity index (χ4v) is 2.98. The second kappa shape index (κ2) is 4.69. The highest BCUT2D eigenvalue weighted by Crippen LogP contribution is 2.31. The van der Waals surface area contributed by atoms with Crippen molar-refractivity contribution in [3.05, 3.63) is 0 Å². The molecule has 2 atom stereocenters. The van der Waals surface area contributed by atoms with Crippen molar-refractivity contribution in [3.63, 3.8) is 0 Å². The van der Waals surface area contributed by atoms with Crippen LogP contribution in [0, 0.1) is 0 Å². The van der Waals surface area contributed by atoms with Gasteiger partial charge in [-0.05, 0) is 32.2 Å². The Hall–Kier alpha value is -0.650. The first-order valence-corrected chi connectivity index (χ1v) is 6.08. The fraction of sp³-hybridized carbons (Fsp3) is 0.909. The molecular weight excluding hydrogens is 206 g/mol. The van der Waals surface area contributed by atoms with E-state index in [4.69, 9.17) is 0 Å². The van der Waals surface area contributed by atoms with Crippen LogP contribution in [0.15, 0.2) is 0 Å². The third-order valence-electron chi connectivity index (χ3n) is 3.83. The zero-order valence-electron chi connectivity index (χ0n) is 9.83. The van der Waals surface area contributed by atoms with E-state index >= 15 is 0 Å². The van der Waals surface area contributed by atoms with Crippen LogP contribution in [-0.4, -0.2) is 54.4 Å². The van der Waals surface area contributed by atoms with Gasteiger partial charge in [-0.1, -0.05) is 0 Å². The van der Waals surface area contributed by atoms with Gasteiger partial charge in [0.25, 0.3) is 0 Å². The molecule has 0 aliphatic carbocycles. The molecule has 2 aliphatic heterocycles. The number of hydrogen-bond acceptors (Lipinski definition) is 4. The van der Waals surface area contributed by atoms with Gasteiger partial charge in [-0.2, -0.15) is 0 Å². The molecule has 2 saturated heterocycles. The van der Waals surface area contributed by atoms with Gasteiger partial charge in [0.1, 0.15) is 0 Å². The largest absolute Gasteiger partial charge is 0.393 e. The topological polar surface area (TPSA) is 64.6 Å². The Labute approximate surface area is 96.2 Å². The summed E-state index contributed by atoms with van der Waals surface area (Å²) < 4.78 is 0. The number of hydrogen-bond donors (Lipinski definition) is 3. The fourth-order valence-electron chi connectivity index (χ4n) is 2.98. The Kier molecular flexibility index (Phi) is 3.47. The molecule has 0 aromatic rings. The van der Waals surface area contributed by atoms with Crippen LogP contribution < -0.4 is 10.6 Å². The van der Waals surface area contributed by atoms with E-state index in [0.717, 1.165) is 38.8 Å². The summed E-state index contributed by atoms with van der Waals surface area (Å²) >= 11 is 0. The van der Waals surface area contributed by atoms with Gasteiger partial charge in [-0.3, -0.25) is 15.0 Å². The molecule has 1 amide bonds. The minimum atomic E-state index is -0.353. The average Bonchev–Trinajstić information content (AvgIpc) is 2.96. The van der Waals surface area contributed by atoms with Crippen molar-refractivity contribution in [1.29, 1.82) is 0 Å². The Morgan fingerprint density at radius 2 is 2.44 bits per heavy atom. The summed E-state index contributed by atoms with van der Waals surface area (Å²) in [6, 6.07) is -0.0808. The molecule has 2 unspecified atom stereocenters. The lowest BCUT2D eigenvalue weighted by Crippen LogP contribution is -2.62. The first-order valence-electron chi connectivity index (χ1n) is 6.08. The van der Waals surface area contributed by atoms with Crippen LogP contribution in [0.25, 0.3) is 0 Å². The number of likely N-dealkylation sites (tertiary alicyclic amines) is 1. The van der Waals surface area contributed by atoms with E-state index in [0.29, 0.717) is 0 Å². The third kappa shape index (κ3) is 1.83. The van der Waals surface area contributed by atoms with Gasteiger partial charge in [0, 0.05) is 13.6 Å². The van der Waals surface area contributed by atoms with Crippen LogP contribution >= 0.6 is 0 Å². The molecule has 16 heavy (non-hydrogen) atoms. The van der Waals surface area contributed by atoms with E-state index in [9.17, 15) is 9.90 Å². The third-order valence-corrected chi connectivity index (χ3v) is 3.83. The van der Waals surface area contributed by atoms with Crippen molar-refractivity contribution in [2.24, 2.45) is 0 Å². The zero-order valence-corrected chi connectivity index (χ0v) is 9.83. The highest BCUT2D eigenvalue weighted by molar-refractivity contribution is 5.81. The van der Waals surface area contributed by atoms with Gasteiger partial charge < -0.3 is 10.4 Å². The second-order valence-corrected chi connectivity index (χ2v) is 4.69. The number of aliphatic hydroxyl groups is 1. The van der Waals surface area contributed by atoms with Crippen molar-refractivity contribution in [1.82, 2.24) is 15.5 Å². The van der Waals surface area contributed by atoms with E-state index in [1.165, 1.54) is 0 Å². The van der Waals surface area contributed by atoms with Crippen molar-refractivity contribution >= 4 is 5.91 Å². The lowest BCUT2D eigenvalue weighted by Gasteiger charge is -2.40. The molecule has 2 aliphatic rings. The van der Waals surface area contributed by atoms with E-state index in [2.05, 4.69) is 15.5 Å². The van der Waals surface area contributed by atoms with Crippen LogP contribution in [-0.2, 0) is 4.79 Å². The summed E-state index contributed by atoms with van der Waals surface area (Å²) in [6.45, 7) is 1.91. The highest BCUT2D eigenvalue weighted by Gasteiger charge is 2.46. The lowest BCUT2D eigenvalue weighted by atomic mass is 10.1. The lowest BCUT2D eigenvalue weighted by molar-refractivity contribution is -0.128. The van der Waals surface area contributed by atoms with Crippen molar-refractivity contribution in [3.8, 4) is 0 Å². The molecule has 0 bridgehead atoms. The van der Waals surface area contributed by atoms with Gasteiger partial charge in [0.2, 0.25) is 5.91 Å². The smallest absolute Gasteiger partial charge is 0.237 e. The molecule has 2 rings (SSSR count). The maximum absolute atomic E-state index is 11.8. The SMILES string of the molecule is CNC(=O)C1CCCN1C1(CO)CCCN1. The standard InChI is InChI=1S/C11H21N3O2/c1-12-10(16)9-4-2-7-14(9)11(8-15)5-3-6-13-11/h9,13,15H,2-8H2,1H3,(H,12,16). The minimum absolute atomic E-state index is 0.0685. The normalized spacial score (nSPS) is 35.5. The summed E-state index contributed by atoms with van der Waals surface area (Å²) in [5, 5.41) is 15.7. The maximum Gasteiger partial charge on any atom is 0.237 e. The number of carbonyl (C=O) groups is 1. The predicted molar refractivity (Wildman–Crippen MR) is 60.8 cm³/mol. The quantitative estimate of drug-likeness (QED) is 0.595. The van der Waals surface area contributed by atoms with Crippen LogP contribution in [0.3, 0.4) is 0 Å². The second-order valence-electron chi connectivity index (χ2n) is 4.69. The number of carbonyl (C=O) groups excluding carboxylic acids is 1. The Bertz CT molecular complexity index is 264. The summed E-state index contributed by atoms with van der Waals surface area (Å²) in [5.41, 5.74) is -0.353. The molecule has 5 heteroatoms. The molecule has 0 spiro atoms. The summed E-state index contributed by atoms with van der Waals surface area (Å²) in [7, 11) is 1.67. The van der Waals surface area contributed by atoms with Crippen LogP contribution in [0.5, 0.6) is 0 Å². The highest BCUT2D eigenvalue weighted by atomic mass is 16.3. The molecule has 0 radical (unpaired) electrons. The predicted octanol–water partition coefficient (Wildman–Crippen LogP) is -0.731. The number of aliphatic hydroxyl groups excluding tert-OH is 1. The van der Waals surface area contributed by atoms with E-state index in [-0.39, 0.29) is 24.2 Å². The summed E-state index contributed by atoms with van der Waals surface area (Å²) in [5.74, 6) is 0.0685. The van der Waals surface area contributed by atoms with Crippen molar-refractivity contribution in [2.45, 2.75) is 37.4 Å². The van der Waals surface area contributed by atoms with Crippen molar-refractivity contribution < 1.29 is 9.90 Å². The molecule has 2 fully saturated rings.